The van der Waals surface area contributed by atoms with Gasteiger partial charge < -0.3 is 20.0 Å². The van der Waals surface area contributed by atoms with Gasteiger partial charge in [-0.15, -0.1) is 0 Å². The zero-order valence-corrected chi connectivity index (χ0v) is 19.8. The number of para-hydroxylation sites is 1. The maximum atomic E-state index is 12.4. The van der Waals surface area contributed by atoms with E-state index in [2.05, 4.69) is 49.7 Å². The number of furan rings is 1. The molecule has 184 valence electrons. The van der Waals surface area contributed by atoms with Crippen molar-refractivity contribution in [2.24, 2.45) is 11.8 Å². The number of pyridine rings is 1. The average molecular weight is 484 g/mol. The van der Waals surface area contributed by atoms with Crippen molar-refractivity contribution < 1.29 is 9.21 Å². The average Bonchev–Trinajstić information content (AvgIpc) is 3.61. The normalized spacial score (nSPS) is 26.0. The monoisotopic (exact) mass is 483 g/mol. The fourth-order valence-electron chi connectivity index (χ4n) is 5.78. The van der Waals surface area contributed by atoms with Crippen LogP contribution >= 0.6 is 0 Å². The molecule has 2 saturated heterocycles. The van der Waals surface area contributed by atoms with Gasteiger partial charge in [0.2, 0.25) is 5.91 Å². The summed E-state index contributed by atoms with van der Waals surface area (Å²) in [5.41, 5.74) is 12.9. The number of nitrogens with zero attached hydrogens (tertiary/aromatic N) is 2. The SMILES string of the molecule is O=C(Nc1cncc(C2CC3C(CN2)NNC3c2nc3c(-c4ccoc4)cccc3[nH]2)c1)C1CCC1. The Kier molecular flexibility index (Phi) is 5.34. The van der Waals surface area contributed by atoms with Crippen LogP contribution in [0.25, 0.3) is 22.2 Å². The van der Waals surface area contributed by atoms with Crippen LogP contribution in [-0.4, -0.2) is 33.4 Å². The van der Waals surface area contributed by atoms with Crippen molar-refractivity contribution in [1.82, 2.24) is 31.1 Å². The number of aromatic amines is 1. The van der Waals surface area contributed by atoms with Gasteiger partial charge in [0.25, 0.3) is 0 Å². The summed E-state index contributed by atoms with van der Waals surface area (Å²) in [7, 11) is 0. The Morgan fingerprint density at radius 1 is 1.14 bits per heavy atom. The molecular weight excluding hydrogens is 454 g/mol. The Labute approximate surface area is 208 Å². The molecule has 0 spiro atoms. The Bertz CT molecular complexity index is 1390. The number of piperidine rings is 1. The lowest BCUT2D eigenvalue weighted by molar-refractivity contribution is -0.122. The van der Waals surface area contributed by atoms with Crippen LogP contribution in [0, 0.1) is 11.8 Å². The largest absolute Gasteiger partial charge is 0.472 e. The summed E-state index contributed by atoms with van der Waals surface area (Å²) < 4.78 is 5.30. The number of hydrazine groups is 1. The third-order valence-corrected chi connectivity index (χ3v) is 8.02. The summed E-state index contributed by atoms with van der Waals surface area (Å²) in [5.74, 6) is 1.53. The highest BCUT2D eigenvalue weighted by atomic mass is 16.3. The van der Waals surface area contributed by atoms with Crippen molar-refractivity contribution in [2.45, 2.75) is 43.8 Å². The van der Waals surface area contributed by atoms with Crippen LogP contribution < -0.4 is 21.5 Å². The third kappa shape index (κ3) is 3.80. The van der Waals surface area contributed by atoms with Crippen molar-refractivity contribution in [3.63, 3.8) is 0 Å². The minimum Gasteiger partial charge on any atom is -0.472 e. The van der Waals surface area contributed by atoms with Crippen molar-refractivity contribution in [1.29, 1.82) is 0 Å². The van der Waals surface area contributed by atoms with Gasteiger partial charge in [-0.1, -0.05) is 18.6 Å². The number of carbonyl (C=O) groups excluding carboxylic acids is 1. The number of hydrogen-bond acceptors (Lipinski definition) is 7. The fraction of sp³-hybridized carbons (Fsp3) is 0.370. The summed E-state index contributed by atoms with van der Waals surface area (Å²) in [6.07, 6.45) is 11.1. The van der Waals surface area contributed by atoms with Crippen molar-refractivity contribution in [3.8, 4) is 11.1 Å². The number of anilines is 1. The molecule has 9 heteroatoms. The minimum absolute atomic E-state index is 0.0543. The predicted molar refractivity (Wildman–Crippen MR) is 136 cm³/mol. The fourth-order valence-corrected chi connectivity index (χ4v) is 5.78. The van der Waals surface area contributed by atoms with Gasteiger partial charge >= 0.3 is 0 Å². The van der Waals surface area contributed by atoms with Gasteiger partial charge in [-0.2, -0.15) is 0 Å². The first kappa shape index (κ1) is 21.7. The van der Waals surface area contributed by atoms with Gasteiger partial charge in [0, 0.05) is 47.8 Å². The number of hydrogen-bond donors (Lipinski definition) is 5. The second-order valence-corrected chi connectivity index (χ2v) is 10.2. The van der Waals surface area contributed by atoms with Gasteiger partial charge in [0.1, 0.15) is 5.82 Å². The quantitative estimate of drug-likeness (QED) is 0.293. The Balaban J connectivity index is 1.12. The van der Waals surface area contributed by atoms with Crippen molar-refractivity contribution in [3.05, 3.63) is 66.6 Å². The molecule has 5 N–H and O–H groups in total. The molecule has 5 heterocycles. The zero-order valence-electron chi connectivity index (χ0n) is 19.8. The van der Waals surface area contributed by atoms with E-state index >= 15 is 0 Å². The second kappa shape index (κ2) is 8.85. The van der Waals surface area contributed by atoms with Crippen LogP contribution in [0.2, 0.25) is 0 Å². The Morgan fingerprint density at radius 3 is 2.92 bits per heavy atom. The maximum Gasteiger partial charge on any atom is 0.227 e. The van der Waals surface area contributed by atoms with Gasteiger partial charge in [0.15, 0.2) is 0 Å². The number of imidazole rings is 1. The lowest BCUT2D eigenvalue weighted by Gasteiger charge is -2.34. The van der Waals surface area contributed by atoms with Crippen molar-refractivity contribution in [2.75, 3.05) is 11.9 Å². The molecule has 9 nitrogen and oxygen atoms in total. The Morgan fingerprint density at radius 2 is 2.08 bits per heavy atom. The topological polar surface area (TPSA) is 120 Å². The number of aromatic nitrogens is 3. The lowest BCUT2D eigenvalue weighted by atomic mass is 9.82. The lowest BCUT2D eigenvalue weighted by Crippen LogP contribution is -2.46. The first-order chi connectivity index (χ1) is 17.7. The van der Waals surface area contributed by atoms with E-state index in [0.717, 1.165) is 71.5 Å². The number of fused-ring (bicyclic) bond motifs is 2. The molecule has 7 rings (SSSR count). The molecule has 0 radical (unpaired) electrons. The zero-order chi connectivity index (χ0) is 24.1. The van der Waals surface area contributed by atoms with E-state index in [1.165, 1.54) is 0 Å². The molecule has 1 saturated carbocycles. The highest BCUT2D eigenvalue weighted by molar-refractivity contribution is 5.93. The standard InChI is InChI=1S/C27H29N7O2/c35-27(15-3-1-4-15)30-18-9-17(11-28-12-18)22-10-20-23(13-29-22)33-34-25(20)26-31-21-6-2-5-19(24(21)32-26)16-7-8-36-14-16/h2,5-9,11-12,14-15,20,22-23,25,29,33-34H,1,3-4,10,13H2,(H,30,35)(H,31,32). The van der Waals surface area contributed by atoms with Crippen LogP contribution in [0.4, 0.5) is 5.69 Å². The van der Waals surface area contributed by atoms with E-state index in [9.17, 15) is 4.79 Å². The van der Waals surface area contributed by atoms with Crippen LogP contribution in [0.5, 0.6) is 0 Å². The first-order valence-corrected chi connectivity index (χ1v) is 12.7. The van der Waals surface area contributed by atoms with Gasteiger partial charge in [-0.05, 0) is 43.0 Å². The van der Waals surface area contributed by atoms with Gasteiger partial charge in [-0.3, -0.25) is 15.2 Å². The Hall–Kier alpha value is -3.53. The predicted octanol–water partition coefficient (Wildman–Crippen LogP) is 3.82. The highest BCUT2D eigenvalue weighted by Crippen LogP contribution is 2.39. The number of H-pyrrole nitrogens is 1. The minimum atomic E-state index is 0.0543. The van der Waals surface area contributed by atoms with E-state index in [1.807, 2.05) is 18.3 Å². The molecular formula is C27H29N7O2. The molecule has 4 aromatic rings. The molecule has 3 fully saturated rings. The molecule has 3 aliphatic rings. The van der Waals surface area contributed by atoms with Crippen LogP contribution in [0.15, 0.2) is 59.7 Å². The summed E-state index contributed by atoms with van der Waals surface area (Å²) in [6, 6.07) is 10.7. The van der Waals surface area contributed by atoms with E-state index in [-0.39, 0.29) is 23.9 Å². The molecule has 4 unspecified atom stereocenters. The number of benzene rings is 1. The maximum absolute atomic E-state index is 12.4. The summed E-state index contributed by atoms with van der Waals surface area (Å²) in [6.45, 7) is 0.831. The molecule has 2 aliphatic heterocycles. The molecule has 3 aromatic heterocycles. The molecule has 0 bridgehead atoms. The summed E-state index contributed by atoms with van der Waals surface area (Å²) in [4.78, 5) is 25.4. The number of amides is 1. The van der Waals surface area contributed by atoms with Gasteiger partial charge in [-0.25, -0.2) is 10.4 Å². The first-order valence-electron chi connectivity index (χ1n) is 12.7. The van der Waals surface area contributed by atoms with Crippen LogP contribution in [-0.2, 0) is 4.79 Å². The molecule has 1 aliphatic carbocycles. The molecule has 4 atom stereocenters. The summed E-state index contributed by atoms with van der Waals surface area (Å²) >= 11 is 0. The smallest absolute Gasteiger partial charge is 0.227 e. The second-order valence-electron chi connectivity index (χ2n) is 10.2. The van der Waals surface area contributed by atoms with E-state index in [0.29, 0.717) is 12.0 Å². The van der Waals surface area contributed by atoms with E-state index in [4.69, 9.17) is 9.40 Å². The van der Waals surface area contributed by atoms with Crippen LogP contribution in [0.1, 0.15) is 49.2 Å². The number of carbonyl (C=O) groups is 1. The van der Waals surface area contributed by atoms with Crippen molar-refractivity contribution >= 4 is 22.6 Å². The number of nitrogens with one attached hydrogen (secondary N) is 5. The third-order valence-electron chi connectivity index (χ3n) is 8.02. The highest BCUT2D eigenvalue weighted by Gasteiger charge is 2.42. The number of rotatable bonds is 5. The molecule has 36 heavy (non-hydrogen) atoms. The van der Waals surface area contributed by atoms with E-state index < -0.39 is 0 Å². The van der Waals surface area contributed by atoms with Gasteiger partial charge in [0.05, 0.1) is 41.5 Å². The summed E-state index contributed by atoms with van der Waals surface area (Å²) in [5, 5.41) is 6.72. The van der Waals surface area contributed by atoms with E-state index in [1.54, 1.807) is 18.7 Å². The molecule has 1 amide bonds. The molecule has 1 aromatic carbocycles. The van der Waals surface area contributed by atoms with Crippen LogP contribution in [0.3, 0.4) is 0 Å².